The minimum Gasteiger partial charge on any atom is -0.429 e. The molecule has 0 aliphatic heterocycles. The van der Waals surface area contributed by atoms with E-state index in [1.807, 2.05) is 18.2 Å². The third-order valence-corrected chi connectivity index (χ3v) is 1.93. The van der Waals surface area contributed by atoms with Crippen LogP contribution in [0, 0.1) is 0 Å². The van der Waals surface area contributed by atoms with Gasteiger partial charge in [0.05, 0.1) is 6.20 Å². The highest BCUT2D eigenvalue weighted by Gasteiger charge is 2.01. The molecule has 4 heteroatoms. The lowest BCUT2D eigenvalue weighted by Crippen LogP contribution is -1.92. The Bertz CT molecular complexity index is 397. The summed E-state index contributed by atoms with van der Waals surface area (Å²) in [5.41, 5.74) is 6.40. The van der Waals surface area contributed by atoms with Gasteiger partial charge in [-0.1, -0.05) is 6.07 Å². The average molecular weight is 189 g/mol. The van der Waals surface area contributed by atoms with Crippen molar-refractivity contribution in [1.82, 2.24) is 9.97 Å². The van der Waals surface area contributed by atoms with Crippen molar-refractivity contribution in [2.45, 2.75) is 12.8 Å². The third-order valence-electron chi connectivity index (χ3n) is 1.93. The lowest BCUT2D eigenvalue weighted by molar-refractivity contribution is 0.521. The van der Waals surface area contributed by atoms with Crippen LogP contribution in [0.2, 0.25) is 0 Å². The van der Waals surface area contributed by atoms with E-state index in [0.717, 1.165) is 24.3 Å². The summed E-state index contributed by atoms with van der Waals surface area (Å²) in [6, 6.07) is 6.08. The van der Waals surface area contributed by atoms with Crippen LogP contribution in [0.15, 0.2) is 35.0 Å². The molecule has 0 bridgehead atoms. The molecule has 2 N–H and O–H groups in total. The highest BCUT2D eigenvalue weighted by atomic mass is 16.4. The van der Waals surface area contributed by atoms with Crippen LogP contribution in [0.5, 0.6) is 0 Å². The first-order chi connectivity index (χ1) is 6.84. The van der Waals surface area contributed by atoms with Crippen molar-refractivity contribution < 1.29 is 4.42 Å². The van der Waals surface area contributed by atoms with E-state index in [0.29, 0.717) is 0 Å². The number of hydrogen-bond acceptors (Lipinski definition) is 4. The van der Waals surface area contributed by atoms with Crippen LogP contribution in [0.3, 0.4) is 0 Å². The van der Waals surface area contributed by atoms with E-state index in [1.165, 1.54) is 0 Å². The molecule has 0 spiro atoms. The van der Waals surface area contributed by atoms with Gasteiger partial charge in [-0.2, -0.15) is 0 Å². The fourth-order valence-electron chi connectivity index (χ4n) is 1.24. The highest BCUT2D eigenvalue weighted by molar-refractivity contribution is 5.12. The van der Waals surface area contributed by atoms with Gasteiger partial charge in [-0.3, -0.25) is 4.98 Å². The van der Waals surface area contributed by atoms with Crippen molar-refractivity contribution in [1.29, 1.82) is 0 Å². The van der Waals surface area contributed by atoms with E-state index in [9.17, 15) is 0 Å². The molecule has 0 aliphatic rings. The molecule has 14 heavy (non-hydrogen) atoms. The van der Waals surface area contributed by atoms with Crippen LogP contribution in [0.4, 0.5) is 6.01 Å². The molecule has 0 radical (unpaired) electrons. The van der Waals surface area contributed by atoms with Crippen molar-refractivity contribution in [2.75, 3.05) is 5.73 Å². The largest absolute Gasteiger partial charge is 0.429 e. The van der Waals surface area contributed by atoms with Crippen molar-refractivity contribution in [3.8, 4) is 0 Å². The van der Waals surface area contributed by atoms with Gasteiger partial charge in [-0.05, 0) is 18.6 Å². The molecule has 0 amide bonds. The van der Waals surface area contributed by atoms with Gasteiger partial charge in [0.15, 0.2) is 0 Å². The Kier molecular flexibility index (Phi) is 2.44. The minimum atomic E-state index is 0.223. The Balaban J connectivity index is 1.95. The number of oxazole rings is 1. The van der Waals surface area contributed by atoms with Crippen LogP contribution in [-0.4, -0.2) is 9.97 Å². The number of aryl methyl sites for hydroxylation is 2. The Morgan fingerprint density at radius 3 is 2.79 bits per heavy atom. The normalized spacial score (nSPS) is 10.3. The second kappa shape index (κ2) is 3.91. The van der Waals surface area contributed by atoms with E-state index < -0.39 is 0 Å². The fraction of sp³-hybridized carbons (Fsp3) is 0.200. The van der Waals surface area contributed by atoms with Gasteiger partial charge in [0, 0.05) is 18.3 Å². The molecule has 4 nitrogen and oxygen atoms in total. The molecule has 2 aromatic rings. The molecule has 2 heterocycles. The van der Waals surface area contributed by atoms with Crippen LogP contribution in [-0.2, 0) is 12.8 Å². The molecule has 2 aromatic heterocycles. The number of anilines is 1. The van der Waals surface area contributed by atoms with E-state index in [4.69, 9.17) is 10.2 Å². The number of nitrogens with zero attached hydrogens (tertiary/aromatic N) is 2. The molecule has 0 aromatic carbocycles. The van der Waals surface area contributed by atoms with Crippen molar-refractivity contribution in [2.24, 2.45) is 0 Å². The van der Waals surface area contributed by atoms with Crippen molar-refractivity contribution in [3.05, 3.63) is 42.0 Å². The summed E-state index contributed by atoms with van der Waals surface area (Å²) in [6.07, 6.45) is 5.05. The lowest BCUT2D eigenvalue weighted by Gasteiger charge is -1.96. The van der Waals surface area contributed by atoms with Gasteiger partial charge >= 0.3 is 0 Å². The zero-order valence-corrected chi connectivity index (χ0v) is 7.68. The molecular formula is C10H11N3O. The van der Waals surface area contributed by atoms with Gasteiger partial charge in [0.25, 0.3) is 6.01 Å². The van der Waals surface area contributed by atoms with Crippen molar-refractivity contribution >= 4 is 6.01 Å². The van der Waals surface area contributed by atoms with E-state index in [-0.39, 0.29) is 6.01 Å². The van der Waals surface area contributed by atoms with E-state index in [1.54, 1.807) is 12.4 Å². The summed E-state index contributed by atoms with van der Waals surface area (Å²) >= 11 is 0. The first-order valence-corrected chi connectivity index (χ1v) is 4.44. The second-order valence-electron chi connectivity index (χ2n) is 2.99. The maximum Gasteiger partial charge on any atom is 0.292 e. The minimum absolute atomic E-state index is 0.223. The number of hydrogen-bond donors (Lipinski definition) is 1. The van der Waals surface area contributed by atoms with Crippen molar-refractivity contribution in [3.63, 3.8) is 0 Å². The summed E-state index contributed by atoms with van der Waals surface area (Å²) in [5, 5.41) is 0. The Morgan fingerprint density at radius 2 is 2.14 bits per heavy atom. The summed E-state index contributed by atoms with van der Waals surface area (Å²) in [6.45, 7) is 0. The number of pyridine rings is 1. The quantitative estimate of drug-likeness (QED) is 0.793. The van der Waals surface area contributed by atoms with Crippen LogP contribution < -0.4 is 5.73 Å². The highest BCUT2D eigenvalue weighted by Crippen LogP contribution is 2.08. The Hall–Kier alpha value is -1.84. The Labute approximate surface area is 81.8 Å². The topological polar surface area (TPSA) is 64.9 Å². The zero-order valence-electron chi connectivity index (χ0n) is 7.68. The first-order valence-electron chi connectivity index (χ1n) is 4.44. The maximum atomic E-state index is 5.35. The number of aromatic nitrogens is 2. The van der Waals surface area contributed by atoms with E-state index in [2.05, 4.69) is 9.97 Å². The molecule has 0 atom stereocenters. The SMILES string of the molecule is Nc1ncc(CCc2ccccn2)o1. The molecule has 0 aliphatic carbocycles. The molecule has 2 rings (SSSR count). The third kappa shape index (κ3) is 2.10. The fourth-order valence-corrected chi connectivity index (χ4v) is 1.24. The predicted molar refractivity (Wildman–Crippen MR) is 52.6 cm³/mol. The molecule has 0 saturated heterocycles. The Morgan fingerprint density at radius 1 is 1.21 bits per heavy atom. The average Bonchev–Trinajstić information content (AvgIpc) is 2.63. The van der Waals surface area contributed by atoms with Gasteiger partial charge in [-0.25, -0.2) is 4.98 Å². The first kappa shape index (κ1) is 8.74. The van der Waals surface area contributed by atoms with Gasteiger partial charge < -0.3 is 10.2 Å². The molecule has 0 saturated carbocycles. The number of nitrogens with two attached hydrogens (primary N) is 1. The van der Waals surface area contributed by atoms with Crippen LogP contribution in [0.1, 0.15) is 11.5 Å². The lowest BCUT2D eigenvalue weighted by atomic mass is 10.2. The zero-order chi connectivity index (χ0) is 9.80. The van der Waals surface area contributed by atoms with Gasteiger partial charge in [-0.15, -0.1) is 0 Å². The smallest absolute Gasteiger partial charge is 0.292 e. The monoisotopic (exact) mass is 189 g/mol. The molecule has 0 unspecified atom stereocenters. The summed E-state index contributed by atoms with van der Waals surface area (Å²) in [4.78, 5) is 8.03. The van der Waals surface area contributed by atoms with Crippen LogP contribution in [0.25, 0.3) is 0 Å². The van der Waals surface area contributed by atoms with Crippen LogP contribution >= 0.6 is 0 Å². The number of rotatable bonds is 3. The molecular weight excluding hydrogens is 178 g/mol. The van der Waals surface area contributed by atoms with Gasteiger partial charge in [0.1, 0.15) is 5.76 Å². The second-order valence-corrected chi connectivity index (χ2v) is 2.99. The standard InChI is InChI=1S/C10H11N3O/c11-10-13-7-9(14-10)5-4-8-3-1-2-6-12-8/h1-3,6-7H,4-5H2,(H2,11,13). The summed E-state index contributed by atoms with van der Waals surface area (Å²) in [7, 11) is 0. The summed E-state index contributed by atoms with van der Waals surface area (Å²) in [5.74, 6) is 0.799. The van der Waals surface area contributed by atoms with E-state index >= 15 is 0 Å². The molecule has 72 valence electrons. The number of nitrogen functional groups attached to an aromatic ring is 1. The summed E-state index contributed by atoms with van der Waals surface area (Å²) < 4.78 is 5.14. The predicted octanol–water partition coefficient (Wildman–Crippen LogP) is 1.44. The molecule has 0 fully saturated rings. The van der Waals surface area contributed by atoms with Gasteiger partial charge in [0.2, 0.25) is 0 Å². The maximum absolute atomic E-state index is 5.35.